The topological polar surface area (TPSA) is 24.9 Å². The van der Waals surface area contributed by atoms with Gasteiger partial charge in [0.25, 0.3) is 0 Å². The van der Waals surface area contributed by atoms with Gasteiger partial charge in [-0.2, -0.15) is 35.1 Å². The first-order valence-corrected chi connectivity index (χ1v) is 6.92. The molecule has 140 valence electrons. The van der Waals surface area contributed by atoms with E-state index in [0.717, 1.165) is 4.90 Å². The number of nitrogens with zero attached hydrogens (tertiary/aromatic N) is 2. The Balaban J connectivity index is 2.29. The monoisotopic (exact) mass is 370 g/mol. The van der Waals surface area contributed by atoms with Crippen molar-refractivity contribution in [2.45, 2.75) is 24.6 Å². The zero-order valence-corrected chi connectivity index (χ0v) is 12.1. The lowest BCUT2D eigenvalue weighted by Gasteiger charge is -2.44. The molecule has 12 heteroatoms. The first kappa shape index (κ1) is 19.0. The maximum Gasteiger partial charge on any atom is 0.416 e. The van der Waals surface area contributed by atoms with E-state index in [0.29, 0.717) is 4.90 Å². The number of halogens is 8. The Kier molecular flexibility index (Phi) is 5.47. The van der Waals surface area contributed by atoms with Crippen molar-refractivity contribution >= 4 is 0 Å². The van der Waals surface area contributed by atoms with Crippen LogP contribution in [0.2, 0.25) is 0 Å². The van der Waals surface area contributed by atoms with E-state index in [1.807, 2.05) is 0 Å². The smallest absolute Gasteiger partial charge is 0.378 e. The summed E-state index contributed by atoms with van der Waals surface area (Å²) in [5.74, 6) is -0.940. The SMILES string of the molecule is FC(F)=C(N1CCOCC1)N1CC(C(F)(F)F)OC(C(F)(F)F)C1. The Bertz CT molecular complexity index is 447. The maximum absolute atomic E-state index is 13.3. The highest BCUT2D eigenvalue weighted by molar-refractivity contribution is 5.05. The molecular formula is C12H14F8N2O2. The van der Waals surface area contributed by atoms with Crippen LogP contribution in [0.25, 0.3) is 0 Å². The second kappa shape index (κ2) is 6.90. The number of hydrogen-bond acceptors (Lipinski definition) is 4. The summed E-state index contributed by atoms with van der Waals surface area (Å²) in [6.07, 6.45) is -18.2. The summed E-state index contributed by atoms with van der Waals surface area (Å²) in [6, 6.07) is 0. The van der Waals surface area contributed by atoms with E-state index in [2.05, 4.69) is 4.74 Å². The molecule has 0 saturated carbocycles. The van der Waals surface area contributed by atoms with Gasteiger partial charge in [-0.05, 0) is 0 Å². The molecule has 0 aromatic heterocycles. The lowest BCUT2D eigenvalue weighted by molar-refractivity contribution is -0.306. The average Bonchev–Trinajstić information content (AvgIpc) is 2.46. The standard InChI is InChI=1S/C12H14F8N2O2/c13-9(14)10(21-1-3-23-4-2-21)22-5-7(11(15,16)17)24-8(6-22)12(18,19)20/h7-8H,1-6H2. The van der Waals surface area contributed by atoms with E-state index in [1.54, 1.807) is 0 Å². The van der Waals surface area contributed by atoms with E-state index in [4.69, 9.17) is 4.74 Å². The second-order valence-electron chi connectivity index (χ2n) is 5.29. The molecule has 0 radical (unpaired) electrons. The molecule has 24 heavy (non-hydrogen) atoms. The fraction of sp³-hybridized carbons (Fsp3) is 0.833. The number of morpholine rings is 2. The zero-order valence-electron chi connectivity index (χ0n) is 12.1. The summed E-state index contributed by atoms with van der Waals surface area (Å²) in [5, 5.41) is 0. The molecule has 0 N–H and O–H groups in total. The molecule has 0 spiro atoms. The Morgan fingerprint density at radius 3 is 1.62 bits per heavy atom. The summed E-state index contributed by atoms with van der Waals surface area (Å²) in [7, 11) is 0. The summed E-state index contributed by atoms with van der Waals surface area (Å²) >= 11 is 0. The highest BCUT2D eigenvalue weighted by Gasteiger charge is 2.53. The van der Waals surface area contributed by atoms with Gasteiger partial charge in [-0.25, -0.2) is 0 Å². The fourth-order valence-electron chi connectivity index (χ4n) is 2.51. The van der Waals surface area contributed by atoms with Crippen molar-refractivity contribution in [1.82, 2.24) is 9.80 Å². The van der Waals surface area contributed by atoms with Crippen LogP contribution in [0, 0.1) is 0 Å². The normalized spacial score (nSPS) is 26.5. The molecule has 0 amide bonds. The molecule has 2 rings (SSSR count). The minimum atomic E-state index is -5.11. The van der Waals surface area contributed by atoms with Crippen LogP contribution in [-0.4, -0.2) is 73.8 Å². The van der Waals surface area contributed by atoms with Gasteiger partial charge in [0.2, 0.25) is 0 Å². The van der Waals surface area contributed by atoms with Gasteiger partial charge in [0, 0.05) is 13.1 Å². The molecule has 2 heterocycles. The van der Waals surface area contributed by atoms with Crippen LogP contribution < -0.4 is 0 Å². The van der Waals surface area contributed by atoms with E-state index < -0.39 is 49.6 Å². The molecule has 0 aromatic carbocycles. The number of ether oxygens (including phenoxy) is 2. The Hall–Kier alpha value is -1.30. The molecule has 2 aliphatic heterocycles. The van der Waals surface area contributed by atoms with Crippen molar-refractivity contribution < 1.29 is 44.6 Å². The first-order valence-electron chi connectivity index (χ1n) is 6.92. The van der Waals surface area contributed by atoms with E-state index >= 15 is 0 Å². The summed E-state index contributed by atoms with van der Waals surface area (Å²) in [4.78, 5) is 1.41. The average molecular weight is 370 g/mol. The first-order chi connectivity index (χ1) is 11.0. The lowest BCUT2D eigenvalue weighted by Crippen LogP contribution is -2.58. The molecule has 2 saturated heterocycles. The molecule has 0 bridgehead atoms. The van der Waals surface area contributed by atoms with Crippen LogP contribution in [-0.2, 0) is 9.47 Å². The number of rotatable bonds is 2. The summed E-state index contributed by atoms with van der Waals surface area (Å²) in [6.45, 7) is -2.30. The molecule has 2 atom stereocenters. The Labute approximate surface area is 131 Å². The van der Waals surface area contributed by atoms with Gasteiger partial charge in [0.15, 0.2) is 18.0 Å². The van der Waals surface area contributed by atoms with Crippen LogP contribution in [0.4, 0.5) is 35.1 Å². The van der Waals surface area contributed by atoms with Crippen molar-refractivity contribution in [3.8, 4) is 0 Å². The quantitative estimate of drug-likeness (QED) is 0.698. The van der Waals surface area contributed by atoms with Crippen molar-refractivity contribution in [1.29, 1.82) is 0 Å². The van der Waals surface area contributed by atoms with E-state index in [1.165, 1.54) is 0 Å². The van der Waals surface area contributed by atoms with Gasteiger partial charge in [0.05, 0.1) is 26.3 Å². The van der Waals surface area contributed by atoms with Gasteiger partial charge in [-0.3, -0.25) is 0 Å². The predicted octanol–water partition coefficient (Wildman–Crippen LogP) is 2.58. The van der Waals surface area contributed by atoms with Gasteiger partial charge in [0.1, 0.15) is 0 Å². The van der Waals surface area contributed by atoms with Crippen LogP contribution in [0.3, 0.4) is 0 Å². The van der Waals surface area contributed by atoms with E-state index in [-0.39, 0.29) is 26.3 Å². The van der Waals surface area contributed by atoms with Gasteiger partial charge < -0.3 is 19.3 Å². The second-order valence-corrected chi connectivity index (χ2v) is 5.29. The van der Waals surface area contributed by atoms with Crippen LogP contribution in [0.1, 0.15) is 0 Å². The lowest BCUT2D eigenvalue weighted by atomic mass is 10.2. The molecule has 2 fully saturated rings. The highest BCUT2D eigenvalue weighted by atomic mass is 19.4. The van der Waals surface area contributed by atoms with Crippen LogP contribution in [0.5, 0.6) is 0 Å². The maximum atomic E-state index is 13.3. The number of hydrogen-bond donors (Lipinski definition) is 0. The number of alkyl halides is 6. The summed E-state index contributed by atoms with van der Waals surface area (Å²) < 4.78 is 113. The van der Waals surface area contributed by atoms with Crippen molar-refractivity contribution in [2.75, 3.05) is 39.4 Å². The highest BCUT2D eigenvalue weighted by Crippen LogP contribution is 2.36. The van der Waals surface area contributed by atoms with Crippen LogP contribution in [0.15, 0.2) is 11.9 Å². The molecule has 0 aromatic rings. The molecule has 4 nitrogen and oxygen atoms in total. The predicted molar refractivity (Wildman–Crippen MR) is 64.0 cm³/mol. The Morgan fingerprint density at radius 1 is 0.792 bits per heavy atom. The third-order valence-electron chi connectivity index (χ3n) is 3.61. The van der Waals surface area contributed by atoms with Gasteiger partial charge >= 0.3 is 18.4 Å². The molecule has 0 aliphatic carbocycles. The molecule has 2 unspecified atom stereocenters. The molecular weight excluding hydrogens is 356 g/mol. The van der Waals surface area contributed by atoms with Crippen molar-refractivity contribution in [3.63, 3.8) is 0 Å². The van der Waals surface area contributed by atoms with Gasteiger partial charge in [-0.1, -0.05) is 0 Å². The third kappa shape index (κ3) is 4.41. The minimum Gasteiger partial charge on any atom is -0.378 e. The van der Waals surface area contributed by atoms with Crippen molar-refractivity contribution in [2.24, 2.45) is 0 Å². The summed E-state index contributed by atoms with van der Waals surface area (Å²) in [5.41, 5.74) is 0. The third-order valence-corrected chi connectivity index (χ3v) is 3.61. The fourth-order valence-corrected chi connectivity index (χ4v) is 2.51. The largest absolute Gasteiger partial charge is 0.416 e. The zero-order chi connectivity index (χ0) is 18.1. The Morgan fingerprint density at radius 2 is 1.25 bits per heavy atom. The molecule has 2 aliphatic rings. The van der Waals surface area contributed by atoms with Crippen molar-refractivity contribution in [3.05, 3.63) is 11.9 Å². The van der Waals surface area contributed by atoms with Crippen LogP contribution >= 0.6 is 0 Å². The minimum absolute atomic E-state index is 0.0481. The van der Waals surface area contributed by atoms with E-state index in [9.17, 15) is 35.1 Å². The van der Waals surface area contributed by atoms with Gasteiger partial charge in [-0.15, -0.1) is 0 Å².